The second kappa shape index (κ2) is 6.03. The van der Waals surface area contributed by atoms with Crippen LogP contribution in [0.3, 0.4) is 0 Å². The number of hydrogen-bond acceptors (Lipinski definition) is 3. The number of hydrogen-bond donors (Lipinski definition) is 2. The Kier molecular flexibility index (Phi) is 4.40. The zero-order valence-corrected chi connectivity index (χ0v) is 10.4. The van der Waals surface area contributed by atoms with Gasteiger partial charge in [0.1, 0.15) is 5.75 Å². The first-order valence-electron chi connectivity index (χ1n) is 6.30. The molecule has 1 heterocycles. The zero-order chi connectivity index (χ0) is 12.1. The average Bonchev–Trinajstić information content (AvgIpc) is 2.40. The summed E-state index contributed by atoms with van der Waals surface area (Å²) in [7, 11) is 1.68. The maximum absolute atomic E-state index is 9.36. The van der Waals surface area contributed by atoms with E-state index in [0.29, 0.717) is 12.0 Å². The van der Waals surface area contributed by atoms with Gasteiger partial charge in [0.2, 0.25) is 0 Å². The summed E-state index contributed by atoms with van der Waals surface area (Å²) in [6.07, 6.45) is 3.28. The van der Waals surface area contributed by atoms with Gasteiger partial charge in [0, 0.05) is 12.6 Å². The van der Waals surface area contributed by atoms with Gasteiger partial charge in [-0.15, -0.1) is 0 Å². The van der Waals surface area contributed by atoms with Crippen LogP contribution in [0.15, 0.2) is 24.3 Å². The molecule has 1 aromatic carbocycles. The Morgan fingerprint density at radius 3 is 2.76 bits per heavy atom. The number of aliphatic hydroxyl groups is 1. The molecule has 3 nitrogen and oxygen atoms in total. The molecule has 0 spiro atoms. The summed E-state index contributed by atoms with van der Waals surface area (Å²) in [4.78, 5) is 0. The van der Waals surface area contributed by atoms with E-state index in [4.69, 9.17) is 4.74 Å². The third kappa shape index (κ3) is 3.20. The average molecular weight is 235 g/mol. The van der Waals surface area contributed by atoms with Crippen LogP contribution in [-0.2, 0) is 6.42 Å². The van der Waals surface area contributed by atoms with E-state index < -0.39 is 0 Å². The smallest absolute Gasteiger partial charge is 0.118 e. The van der Waals surface area contributed by atoms with Gasteiger partial charge in [0.15, 0.2) is 0 Å². The molecule has 0 radical (unpaired) electrons. The van der Waals surface area contributed by atoms with Crippen molar-refractivity contribution in [2.24, 2.45) is 5.92 Å². The molecule has 2 N–H and O–H groups in total. The molecule has 1 aromatic rings. The normalized spacial score (nSPS) is 24.6. The Morgan fingerprint density at radius 2 is 2.12 bits per heavy atom. The Bertz CT molecular complexity index is 337. The minimum absolute atomic E-state index is 0.286. The molecule has 94 valence electrons. The van der Waals surface area contributed by atoms with Crippen LogP contribution in [0.1, 0.15) is 18.4 Å². The zero-order valence-electron chi connectivity index (χ0n) is 10.4. The quantitative estimate of drug-likeness (QED) is 0.833. The fraction of sp³-hybridized carbons (Fsp3) is 0.571. The summed E-state index contributed by atoms with van der Waals surface area (Å²) >= 11 is 0. The maximum Gasteiger partial charge on any atom is 0.118 e. The van der Waals surface area contributed by atoms with Gasteiger partial charge in [-0.05, 0) is 49.4 Å². The maximum atomic E-state index is 9.36. The first-order chi connectivity index (χ1) is 8.33. The van der Waals surface area contributed by atoms with Gasteiger partial charge in [-0.25, -0.2) is 0 Å². The Balaban J connectivity index is 1.98. The van der Waals surface area contributed by atoms with E-state index >= 15 is 0 Å². The standard InChI is InChI=1S/C14H21NO2/c1-17-13-6-4-11(5-7-13)9-14-12(10-16)3-2-8-15-14/h4-7,12,14-16H,2-3,8-10H2,1H3. The Hall–Kier alpha value is -1.06. The number of ether oxygens (including phenoxy) is 1. The van der Waals surface area contributed by atoms with Crippen LogP contribution in [0.2, 0.25) is 0 Å². The molecule has 2 unspecified atom stereocenters. The second-order valence-corrected chi connectivity index (χ2v) is 4.70. The minimum Gasteiger partial charge on any atom is -0.497 e. The van der Waals surface area contributed by atoms with E-state index in [9.17, 15) is 5.11 Å². The van der Waals surface area contributed by atoms with E-state index in [1.165, 1.54) is 12.0 Å². The molecule has 2 atom stereocenters. The van der Waals surface area contributed by atoms with E-state index in [1.54, 1.807) is 7.11 Å². The molecule has 17 heavy (non-hydrogen) atoms. The van der Waals surface area contributed by atoms with Gasteiger partial charge in [-0.1, -0.05) is 12.1 Å². The summed E-state index contributed by atoms with van der Waals surface area (Å²) in [5.74, 6) is 1.29. The number of rotatable bonds is 4. The highest BCUT2D eigenvalue weighted by Crippen LogP contribution is 2.20. The predicted octanol–water partition coefficient (Wildman–Crippen LogP) is 1.60. The van der Waals surface area contributed by atoms with Crippen molar-refractivity contribution in [3.05, 3.63) is 29.8 Å². The van der Waals surface area contributed by atoms with Crippen LogP contribution in [0, 0.1) is 5.92 Å². The van der Waals surface area contributed by atoms with E-state index in [-0.39, 0.29) is 6.61 Å². The number of aliphatic hydroxyl groups excluding tert-OH is 1. The number of benzene rings is 1. The van der Waals surface area contributed by atoms with Crippen LogP contribution >= 0.6 is 0 Å². The van der Waals surface area contributed by atoms with Gasteiger partial charge >= 0.3 is 0 Å². The molecule has 0 bridgehead atoms. The molecular formula is C14H21NO2. The van der Waals surface area contributed by atoms with E-state index in [2.05, 4.69) is 17.4 Å². The highest BCUT2D eigenvalue weighted by Gasteiger charge is 2.23. The van der Waals surface area contributed by atoms with Crippen molar-refractivity contribution in [1.29, 1.82) is 0 Å². The first-order valence-corrected chi connectivity index (χ1v) is 6.30. The molecule has 1 aliphatic heterocycles. The van der Waals surface area contributed by atoms with Crippen LogP contribution in [0.4, 0.5) is 0 Å². The molecule has 2 rings (SSSR count). The highest BCUT2D eigenvalue weighted by atomic mass is 16.5. The lowest BCUT2D eigenvalue weighted by molar-refractivity contribution is 0.159. The Labute approximate surface area is 103 Å². The summed E-state index contributed by atoms with van der Waals surface area (Å²) in [5.41, 5.74) is 1.30. The monoisotopic (exact) mass is 235 g/mol. The van der Waals surface area contributed by atoms with Crippen molar-refractivity contribution in [2.45, 2.75) is 25.3 Å². The van der Waals surface area contributed by atoms with Crippen LogP contribution in [0.5, 0.6) is 5.75 Å². The van der Waals surface area contributed by atoms with E-state index in [1.807, 2.05) is 12.1 Å². The van der Waals surface area contributed by atoms with Crippen molar-refractivity contribution >= 4 is 0 Å². The van der Waals surface area contributed by atoms with Crippen molar-refractivity contribution in [3.8, 4) is 5.75 Å². The molecular weight excluding hydrogens is 214 g/mol. The molecule has 1 aliphatic rings. The lowest BCUT2D eigenvalue weighted by Crippen LogP contribution is -2.44. The summed E-state index contributed by atoms with van der Waals surface area (Å²) in [6.45, 7) is 1.35. The lowest BCUT2D eigenvalue weighted by atomic mass is 9.87. The SMILES string of the molecule is COc1ccc(CC2NCCCC2CO)cc1. The summed E-state index contributed by atoms with van der Waals surface area (Å²) < 4.78 is 5.15. The highest BCUT2D eigenvalue weighted by molar-refractivity contribution is 5.27. The molecule has 1 fully saturated rings. The predicted molar refractivity (Wildman–Crippen MR) is 68.3 cm³/mol. The first kappa shape index (κ1) is 12.4. The molecule has 0 aromatic heterocycles. The number of nitrogens with one attached hydrogen (secondary N) is 1. The van der Waals surface area contributed by atoms with Gasteiger partial charge in [-0.2, -0.15) is 0 Å². The van der Waals surface area contributed by atoms with E-state index in [0.717, 1.165) is 25.1 Å². The van der Waals surface area contributed by atoms with Gasteiger partial charge in [0.25, 0.3) is 0 Å². The topological polar surface area (TPSA) is 41.5 Å². The van der Waals surface area contributed by atoms with Crippen molar-refractivity contribution in [3.63, 3.8) is 0 Å². The molecule has 0 aliphatic carbocycles. The Morgan fingerprint density at radius 1 is 1.35 bits per heavy atom. The van der Waals surface area contributed by atoms with Crippen molar-refractivity contribution in [2.75, 3.05) is 20.3 Å². The molecule has 1 saturated heterocycles. The number of methoxy groups -OCH3 is 1. The third-order valence-electron chi connectivity index (χ3n) is 3.58. The summed E-state index contributed by atoms with van der Waals surface area (Å²) in [5, 5.41) is 12.9. The summed E-state index contributed by atoms with van der Waals surface area (Å²) in [6, 6.07) is 8.59. The second-order valence-electron chi connectivity index (χ2n) is 4.70. The van der Waals surface area contributed by atoms with Gasteiger partial charge in [0.05, 0.1) is 7.11 Å². The molecule has 3 heteroatoms. The third-order valence-corrected chi connectivity index (χ3v) is 3.58. The largest absolute Gasteiger partial charge is 0.497 e. The fourth-order valence-corrected chi connectivity index (χ4v) is 2.49. The molecule has 0 saturated carbocycles. The lowest BCUT2D eigenvalue weighted by Gasteiger charge is -2.31. The van der Waals surface area contributed by atoms with Crippen molar-refractivity contribution < 1.29 is 9.84 Å². The van der Waals surface area contributed by atoms with Crippen LogP contribution in [-0.4, -0.2) is 31.4 Å². The minimum atomic E-state index is 0.286. The molecule has 0 amide bonds. The van der Waals surface area contributed by atoms with Gasteiger partial charge < -0.3 is 15.2 Å². The van der Waals surface area contributed by atoms with Crippen LogP contribution < -0.4 is 10.1 Å². The van der Waals surface area contributed by atoms with Gasteiger partial charge in [-0.3, -0.25) is 0 Å². The van der Waals surface area contributed by atoms with Crippen LogP contribution in [0.25, 0.3) is 0 Å². The van der Waals surface area contributed by atoms with Crippen molar-refractivity contribution in [1.82, 2.24) is 5.32 Å². The fourth-order valence-electron chi connectivity index (χ4n) is 2.49. The number of piperidine rings is 1.